The second-order valence-electron chi connectivity index (χ2n) is 5.01. The summed E-state index contributed by atoms with van der Waals surface area (Å²) in [6.45, 7) is 3.46. The molecule has 0 amide bonds. The van der Waals surface area contributed by atoms with Gasteiger partial charge in [-0.15, -0.1) is 0 Å². The number of piperidine rings is 1. The Hall–Kier alpha value is -1.11. The predicted molar refractivity (Wildman–Crippen MR) is 70.0 cm³/mol. The lowest BCUT2D eigenvalue weighted by molar-refractivity contribution is -0.148. The van der Waals surface area contributed by atoms with E-state index in [1.807, 2.05) is 11.8 Å². The molecule has 0 aromatic carbocycles. The summed E-state index contributed by atoms with van der Waals surface area (Å²) in [5.41, 5.74) is 1.80. The molecule has 1 fully saturated rings. The summed E-state index contributed by atoms with van der Waals surface area (Å²) in [6, 6.07) is 0. The van der Waals surface area contributed by atoms with Gasteiger partial charge >= 0.3 is 5.97 Å². The molecule has 1 aromatic heterocycles. The lowest BCUT2D eigenvalue weighted by Gasteiger charge is -2.33. The van der Waals surface area contributed by atoms with Crippen LogP contribution in [0, 0.1) is 12.8 Å². The smallest absolute Gasteiger partial charge is 0.309 e. The van der Waals surface area contributed by atoms with Crippen molar-refractivity contribution >= 4 is 17.6 Å². The predicted octanol–water partition coefficient (Wildman–Crippen LogP) is 0.649. The monoisotopic (exact) mass is 287 g/mol. The third-order valence-electron chi connectivity index (χ3n) is 3.63. The molecule has 0 radical (unpaired) electrons. The number of rotatable bonds is 3. The standard InChI is InChI=1S/C12H18ClN3O3/c1-7-9(11(13)15(2)14-7)5-16-4-3-8(12(18)19)10(17)6-16/h8,10,17H,3-6H2,1-2H3,(H,18,19)/t8-,10+/m0/s1. The first-order valence-electron chi connectivity index (χ1n) is 6.21. The molecule has 2 rings (SSSR count). The highest BCUT2D eigenvalue weighted by molar-refractivity contribution is 6.30. The van der Waals surface area contributed by atoms with E-state index in [1.165, 1.54) is 0 Å². The molecule has 0 saturated carbocycles. The second kappa shape index (κ2) is 5.48. The number of carboxylic acids is 1. The number of hydrogen-bond donors (Lipinski definition) is 2. The Balaban J connectivity index is 2.04. The first-order valence-corrected chi connectivity index (χ1v) is 6.59. The summed E-state index contributed by atoms with van der Waals surface area (Å²) in [6.07, 6.45) is -0.380. The molecule has 106 valence electrons. The van der Waals surface area contributed by atoms with E-state index < -0.39 is 18.0 Å². The van der Waals surface area contributed by atoms with Gasteiger partial charge in [-0.2, -0.15) is 5.10 Å². The van der Waals surface area contributed by atoms with Crippen LogP contribution < -0.4 is 0 Å². The average molecular weight is 288 g/mol. The number of halogens is 1. The molecule has 0 aliphatic carbocycles. The van der Waals surface area contributed by atoms with Crippen LogP contribution in [0.1, 0.15) is 17.7 Å². The third-order valence-corrected chi connectivity index (χ3v) is 4.11. The van der Waals surface area contributed by atoms with Crippen molar-refractivity contribution in [3.8, 4) is 0 Å². The SMILES string of the molecule is Cc1nn(C)c(Cl)c1CN1CC[C@H](C(=O)O)[C@H](O)C1. The molecular weight excluding hydrogens is 270 g/mol. The van der Waals surface area contributed by atoms with Gasteiger partial charge in [-0.1, -0.05) is 11.6 Å². The van der Waals surface area contributed by atoms with Gasteiger partial charge in [-0.05, 0) is 19.9 Å². The van der Waals surface area contributed by atoms with Gasteiger partial charge in [0.15, 0.2) is 0 Å². The van der Waals surface area contributed by atoms with Gasteiger partial charge in [0.1, 0.15) is 5.15 Å². The van der Waals surface area contributed by atoms with E-state index in [2.05, 4.69) is 5.10 Å². The van der Waals surface area contributed by atoms with Crippen LogP contribution in [0.3, 0.4) is 0 Å². The Morgan fingerprint density at radius 2 is 2.26 bits per heavy atom. The highest BCUT2D eigenvalue weighted by Gasteiger charge is 2.33. The van der Waals surface area contributed by atoms with Crippen molar-refractivity contribution in [3.63, 3.8) is 0 Å². The molecule has 1 aliphatic heterocycles. The number of carboxylic acid groups (broad SMARTS) is 1. The fraction of sp³-hybridized carbons (Fsp3) is 0.667. The Kier molecular flexibility index (Phi) is 4.13. The average Bonchev–Trinajstić information content (AvgIpc) is 2.56. The van der Waals surface area contributed by atoms with Gasteiger partial charge in [0.05, 0.1) is 17.7 Å². The van der Waals surface area contributed by atoms with Crippen molar-refractivity contribution in [2.24, 2.45) is 13.0 Å². The zero-order valence-corrected chi connectivity index (χ0v) is 11.8. The minimum absolute atomic E-state index is 0.349. The summed E-state index contributed by atoms with van der Waals surface area (Å²) in [5, 5.41) is 23.6. The molecule has 0 bridgehead atoms. The first kappa shape index (κ1) is 14.3. The van der Waals surface area contributed by atoms with Crippen molar-refractivity contribution in [2.75, 3.05) is 13.1 Å². The molecule has 2 atom stereocenters. The maximum atomic E-state index is 10.9. The Morgan fingerprint density at radius 3 is 2.74 bits per heavy atom. The molecule has 19 heavy (non-hydrogen) atoms. The lowest BCUT2D eigenvalue weighted by Crippen LogP contribution is -2.46. The maximum Gasteiger partial charge on any atom is 0.309 e. The molecule has 1 aromatic rings. The van der Waals surface area contributed by atoms with E-state index in [1.54, 1.807) is 11.7 Å². The third kappa shape index (κ3) is 2.91. The van der Waals surface area contributed by atoms with E-state index in [0.29, 0.717) is 31.2 Å². The van der Waals surface area contributed by atoms with Crippen molar-refractivity contribution in [1.29, 1.82) is 0 Å². The minimum atomic E-state index is -0.928. The van der Waals surface area contributed by atoms with Crippen molar-refractivity contribution < 1.29 is 15.0 Å². The molecule has 6 nitrogen and oxygen atoms in total. The summed E-state index contributed by atoms with van der Waals surface area (Å²) in [5.74, 6) is -1.59. The molecule has 0 unspecified atom stereocenters. The molecule has 2 N–H and O–H groups in total. The van der Waals surface area contributed by atoms with Crippen molar-refractivity contribution in [3.05, 3.63) is 16.4 Å². The molecule has 1 saturated heterocycles. The zero-order chi connectivity index (χ0) is 14.2. The van der Waals surface area contributed by atoms with Crippen LogP contribution in [0.2, 0.25) is 5.15 Å². The van der Waals surface area contributed by atoms with Crippen LogP contribution in [0.5, 0.6) is 0 Å². The largest absolute Gasteiger partial charge is 0.481 e. The van der Waals surface area contributed by atoms with E-state index in [0.717, 1.165) is 11.3 Å². The molecule has 2 heterocycles. The van der Waals surface area contributed by atoms with E-state index in [9.17, 15) is 9.90 Å². The van der Waals surface area contributed by atoms with Crippen LogP contribution >= 0.6 is 11.6 Å². The lowest BCUT2D eigenvalue weighted by atomic mass is 9.94. The van der Waals surface area contributed by atoms with Gasteiger partial charge < -0.3 is 10.2 Å². The molecule has 1 aliphatic rings. The number of aryl methyl sites for hydroxylation is 2. The quantitative estimate of drug-likeness (QED) is 0.853. The zero-order valence-electron chi connectivity index (χ0n) is 11.0. The normalized spacial score (nSPS) is 24.6. The van der Waals surface area contributed by atoms with Gasteiger partial charge in [-0.25, -0.2) is 0 Å². The van der Waals surface area contributed by atoms with Gasteiger partial charge in [0.25, 0.3) is 0 Å². The molecular formula is C12H18ClN3O3. The maximum absolute atomic E-state index is 10.9. The van der Waals surface area contributed by atoms with Gasteiger partial charge in [0, 0.05) is 25.7 Å². The number of hydrogen-bond acceptors (Lipinski definition) is 4. The number of aromatic nitrogens is 2. The van der Waals surface area contributed by atoms with Crippen LogP contribution in [-0.2, 0) is 18.4 Å². The Bertz CT molecular complexity index is 489. The number of carbonyl (C=O) groups is 1. The van der Waals surface area contributed by atoms with Crippen LogP contribution in [0.15, 0.2) is 0 Å². The topological polar surface area (TPSA) is 78.6 Å². The number of likely N-dealkylation sites (tertiary alicyclic amines) is 1. The fourth-order valence-corrected chi connectivity index (χ4v) is 2.74. The number of aliphatic carboxylic acids is 1. The highest BCUT2D eigenvalue weighted by Crippen LogP contribution is 2.24. The Morgan fingerprint density at radius 1 is 1.58 bits per heavy atom. The molecule has 0 spiro atoms. The number of aliphatic hydroxyl groups is 1. The van der Waals surface area contributed by atoms with Crippen LogP contribution in [0.4, 0.5) is 0 Å². The number of aliphatic hydroxyl groups excluding tert-OH is 1. The van der Waals surface area contributed by atoms with E-state index in [4.69, 9.17) is 16.7 Å². The van der Waals surface area contributed by atoms with Crippen molar-refractivity contribution in [2.45, 2.75) is 26.0 Å². The van der Waals surface area contributed by atoms with Crippen LogP contribution in [0.25, 0.3) is 0 Å². The van der Waals surface area contributed by atoms with Gasteiger partial charge in [0.2, 0.25) is 0 Å². The van der Waals surface area contributed by atoms with Crippen molar-refractivity contribution in [1.82, 2.24) is 14.7 Å². The summed E-state index contributed by atoms with van der Waals surface area (Å²) < 4.78 is 1.62. The second-order valence-corrected chi connectivity index (χ2v) is 5.37. The van der Waals surface area contributed by atoms with Crippen LogP contribution in [-0.4, -0.2) is 50.1 Å². The molecule has 7 heteroatoms. The first-order chi connectivity index (χ1) is 8.90. The summed E-state index contributed by atoms with van der Waals surface area (Å²) in [7, 11) is 1.78. The fourth-order valence-electron chi connectivity index (χ4n) is 2.51. The summed E-state index contributed by atoms with van der Waals surface area (Å²) in [4.78, 5) is 12.9. The summed E-state index contributed by atoms with van der Waals surface area (Å²) >= 11 is 6.17. The number of nitrogens with zero attached hydrogens (tertiary/aromatic N) is 3. The van der Waals surface area contributed by atoms with Gasteiger partial charge in [-0.3, -0.25) is 14.4 Å². The minimum Gasteiger partial charge on any atom is -0.481 e. The van der Waals surface area contributed by atoms with E-state index in [-0.39, 0.29) is 0 Å². The number of β-amino-alcohol motifs (C(OH)–C–C–N with tert-alkyl or cyclic N) is 1. The Labute approximate surface area is 116 Å². The highest BCUT2D eigenvalue weighted by atomic mass is 35.5. The van der Waals surface area contributed by atoms with E-state index >= 15 is 0 Å².